The fraction of sp³-hybridized carbons (Fsp3) is 0.348. The Morgan fingerprint density at radius 2 is 1.68 bits per heavy atom. The predicted molar refractivity (Wildman–Crippen MR) is 121 cm³/mol. The molecule has 1 N–H and O–H groups in total. The summed E-state index contributed by atoms with van der Waals surface area (Å²) in [6.45, 7) is 2.94. The molecule has 3 rings (SSSR count). The molecule has 1 aliphatic heterocycles. The molecule has 0 spiro atoms. The number of ether oxygens (including phenoxy) is 2. The summed E-state index contributed by atoms with van der Waals surface area (Å²) in [5, 5.41) is 2.79. The lowest BCUT2D eigenvalue weighted by Gasteiger charge is -2.26. The minimum Gasteiger partial charge on any atom is -0.495 e. The maximum Gasteiger partial charge on any atom is 0.248 e. The average molecular weight is 445 g/mol. The fourth-order valence-electron chi connectivity index (χ4n) is 3.51. The van der Waals surface area contributed by atoms with Gasteiger partial charge in [0.1, 0.15) is 16.4 Å². The fourth-order valence-corrected chi connectivity index (χ4v) is 5.22. The number of hydrogen-bond acceptors (Lipinski definition) is 5. The Bertz CT molecular complexity index is 1070. The lowest BCUT2D eigenvalue weighted by molar-refractivity contribution is -0.111. The van der Waals surface area contributed by atoms with Crippen LogP contribution in [0.5, 0.6) is 11.5 Å². The zero-order chi connectivity index (χ0) is 22.4. The Morgan fingerprint density at radius 1 is 1.00 bits per heavy atom. The number of carbonyl (C=O) groups is 1. The summed E-state index contributed by atoms with van der Waals surface area (Å²) < 4.78 is 38.3. The zero-order valence-electron chi connectivity index (χ0n) is 18.1. The Kier molecular flexibility index (Phi) is 7.35. The monoisotopic (exact) mass is 444 g/mol. The molecule has 8 heteroatoms. The Hall–Kier alpha value is -2.84. The van der Waals surface area contributed by atoms with Gasteiger partial charge in [-0.3, -0.25) is 4.79 Å². The van der Waals surface area contributed by atoms with Gasteiger partial charge in [0.2, 0.25) is 15.9 Å². The molecule has 0 bridgehead atoms. The molecule has 0 aromatic heterocycles. The SMILES string of the molecule is COc1ccc(C)cc1NC(=O)C=Cc1ccc(OC)c(S(=O)(=O)N2CCCCC2)c1. The number of amides is 1. The lowest BCUT2D eigenvalue weighted by Crippen LogP contribution is -2.35. The van der Waals surface area contributed by atoms with Crippen LogP contribution in [-0.2, 0) is 14.8 Å². The number of piperidine rings is 1. The predicted octanol–water partition coefficient (Wildman–Crippen LogP) is 3.84. The van der Waals surface area contributed by atoms with Crippen molar-refractivity contribution >= 4 is 27.7 Å². The summed E-state index contributed by atoms with van der Waals surface area (Å²) >= 11 is 0. The van der Waals surface area contributed by atoms with E-state index in [0.29, 0.717) is 30.1 Å². The normalized spacial score (nSPS) is 15.1. The van der Waals surface area contributed by atoms with E-state index in [4.69, 9.17) is 9.47 Å². The highest BCUT2D eigenvalue weighted by molar-refractivity contribution is 7.89. The minimum absolute atomic E-state index is 0.111. The second-order valence-electron chi connectivity index (χ2n) is 7.40. The van der Waals surface area contributed by atoms with Crippen LogP contribution in [0.3, 0.4) is 0 Å². The molecule has 1 aliphatic rings. The van der Waals surface area contributed by atoms with E-state index in [-0.39, 0.29) is 16.6 Å². The largest absolute Gasteiger partial charge is 0.495 e. The average Bonchev–Trinajstić information content (AvgIpc) is 2.78. The van der Waals surface area contributed by atoms with Crippen molar-refractivity contribution in [2.24, 2.45) is 0 Å². The molecule has 1 heterocycles. The molecular formula is C23H28N2O5S. The van der Waals surface area contributed by atoms with Crippen LogP contribution < -0.4 is 14.8 Å². The second-order valence-corrected chi connectivity index (χ2v) is 9.31. The van der Waals surface area contributed by atoms with Crippen LogP contribution in [0.15, 0.2) is 47.4 Å². The van der Waals surface area contributed by atoms with Gasteiger partial charge in [-0.1, -0.05) is 18.6 Å². The molecule has 0 saturated carbocycles. The van der Waals surface area contributed by atoms with Gasteiger partial charge >= 0.3 is 0 Å². The van der Waals surface area contributed by atoms with Gasteiger partial charge in [-0.25, -0.2) is 8.42 Å². The molecule has 0 atom stereocenters. The molecule has 2 aromatic rings. The Labute approximate surface area is 183 Å². The van der Waals surface area contributed by atoms with Crippen LogP contribution in [-0.4, -0.2) is 45.9 Å². The molecule has 2 aromatic carbocycles. The number of rotatable bonds is 7. The molecule has 7 nitrogen and oxygen atoms in total. The molecule has 1 fully saturated rings. The first-order valence-electron chi connectivity index (χ1n) is 10.2. The summed E-state index contributed by atoms with van der Waals surface area (Å²) in [5.74, 6) is 0.503. The number of methoxy groups -OCH3 is 2. The van der Waals surface area contributed by atoms with Crippen molar-refractivity contribution in [1.29, 1.82) is 0 Å². The number of nitrogens with zero attached hydrogens (tertiary/aromatic N) is 1. The van der Waals surface area contributed by atoms with Crippen molar-refractivity contribution in [3.05, 3.63) is 53.6 Å². The molecule has 0 unspecified atom stereocenters. The van der Waals surface area contributed by atoms with Gasteiger partial charge < -0.3 is 14.8 Å². The van der Waals surface area contributed by atoms with Crippen LogP contribution in [0.1, 0.15) is 30.4 Å². The summed E-state index contributed by atoms with van der Waals surface area (Å²) in [6, 6.07) is 10.4. The molecule has 166 valence electrons. The number of hydrogen-bond donors (Lipinski definition) is 1. The van der Waals surface area contributed by atoms with Crippen molar-refractivity contribution < 1.29 is 22.7 Å². The molecule has 0 aliphatic carbocycles. The van der Waals surface area contributed by atoms with E-state index in [0.717, 1.165) is 24.8 Å². The number of nitrogens with one attached hydrogen (secondary N) is 1. The Balaban J connectivity index is 1.82. The minimum atomic E-state index is -3.67. The number of sulfonamides is 1. The maximum absolute atomic E-state index is 13.1. The highest BCUT2D eigenvalue weighted by Crippen LogP contribution is 2.30. The van der Waals surface area contributed by atoms with E-state index < -0.39 is 10.0 Å². The van der Waals surface area contributed by atoms with Crippen molar-refractivity contribution in [3.8, 4) is 11.5 Å². The number of benzene rings is 2. The Morgan fingerprint density at radius 3 is 2.35 bits per heavy atom. The summed E-state index contributed by atoms with van der Waals surface area (Å²) in [7, 11) is -0.684. The van der Waals surface area contributed by atoms with E-state index >= 15 is 0 Å². The molecule has 1 amide bonds. The quantitative estimate of drug-likeness (QED) is 0.656. The van der Waals surface area contributed by atoms with Crippen LogP contribution in [0, 0.1) is 6.92 Å². The summed E-state index contributed by atoms with van der Waals surface area (Å²) in [6.07, 6.45) is 5.67. The van der Waals surface area contributed by atoms with Crippen molar-refractivity contribution in [3.63, 3.8) is 0 Å². The van der Waals surface area contributed by atoms with Gasteiger partial charge in [0, 0.05) is 19.2 Å². The first-order chi connectivity index (χ1) is 14.8. The van der Waals surface area contributed by atoms with E-state index in [2.05, 4.69) is 5.32 Å². The third-order valence-electron chi connectivity index (χ3n) is 5.16. The topological polar surface area (TPSA) is 84.9 Å². The van der Waals surface area contributed by atoms with Gasteiger partial charge in [0.05, 0.1) is 19.9 Å². The van der Waals surface area contributed by atoms with Gasteiger partial charge in [0.15, 0.2) is 0 Å². The van der Waals surface area contributed by atoms with Crippen molar-refractivity contribution in [1.82, 2.24) is 4.31 Å². The van der Waals surface area contributed by atoms with Crippen LogP contribution in [0.2, 0.25) is 0 Å². The van der Waals surface area contributed by atoms with Crippen LogP contribution >= 0.6 is 0 Å². The van der Waals surface area contributed by atoms with E-state index in [1.165, 1.54) is 24.6 Å². The van der Waals surface area contributed by atoms with Crippen LogP contribution in [0.4, 0.5) is 5.69 Å². The number of carbonyl (C=O) groups excluding carboxylic acids is 1. The summed E-state index contributed by atoms with van der Waals surface area (Å²) in [4.78, 5) is 12.5. The van der Waals surface area contributed by atoms with Gasteiger partial charge in [-0.05, 0) is 61.2 Å². The molecule has 0 radical (unpaired) electrons. The summed E-state index contributed by atoms with van der Waals surface area (Å²) in [5.41, 5.74) is 2.14. The first kappa shape index (κ1) is 22.8. The number of anilines is 1. The third kappa shape index (κ3) is 5.45. The van der Waals surface area contributed by atoms with E-state index in [1.54, 1.807) is 30.3 Å². The highest BCUT2D eigenvalue weighted by atomic mass is 32.2. The number of aryl methyl sites for hydroxylation is 1. The standard InChI is InChI=1S/C23H28N2O5S/c1-17-7-10-20(29-2)19(15-17)24-23(26)12-9-18-8-11-21(30-3)22(16-18)31(27,28)25-13-5-4-6-14-25/h7-12,15-16H,4-6,13-14H2,1-3H3,(H,24,26). The molecule has 1 saturated heterocycles. The zero-order valence-corrected chi connectivity index (χ0v) is 18.9. The maximum atomic E-state index is 13.1. The highest BCUT2D eigenvalue weighted by Gasteiger charge is 2.29. The van der Waals surface area contributed by atoms with Gasteiger partial charge in [-0.2, -0.15) is 4.31 Å². The second kappa shape index (κ2) is 9.98. The van der Waals surface area contributed by atoms with Crippen molar-refractivity contribution in [2.75, 3.05) is 32.6 Å². The van der Waals surface area contributed by atoms with E-state index in [1.807, 2.05) is 19.1 Å². The molecular weight excluding hydrogens is 416 g/mol. The molecule has 31 heavy (non-hydrogen) atoms. The van der Waals surface area contributed by atoms with Crippen molar-refractivity contribution in [2.45, 2.75) is 31.1 Å². The first-order valence-corrected chi connectivity index (χ1v) is 11.6. The van der Waals surface area contributed by atoms with E-state index in [9.17, 15) is 13.2 Å². The lowest BCUT2D eigenvalue weighted by atomic mass is 10.2. The smallest absolute Gasteiger partial charge is 0.248 e. The third-order valence-corrected chi connectivity index (χ3v) is 7.08. The van der Waals surface area contributed by atoms with Gasteiger partial charge in [0.25, 0.3) is 0 Å². The van der Waals surface area contributed by atoms with Gasteiger partial charge in [-0.15, -0.1) is 0 Å². The van der Waals surface area contributed by atoms with Crippen LogP contribution in [0.25, 0.3) is 6.08 Å².